The summed E-state index contributed by atoms with van der Waals surface area (Å²) in [5, 5.41) is 9.58. The number of Topliss-reactive ketones (excluding diaryl/α,β-unsaturated/α-hetero) is 1. The summed E-state index contributed by atoms with van der Waals surface area (Å²) in [5.74, 6) is -0.785. The van der Waals surface area contributed by atoms with Crippen LogP contribution < -0.4 is 0 Å². The van der Waals surface area contributed by atoms with Crippen molar-refractivity contribution in [2.75, 3.05) is 19.8 Å². The molecule has 2 saturated heterocycles. The van der Waals surface area contributed by atoms with Crippen molar-refractivity contribution in [2.45, 2.75) is 44.9 Å². The third-order valence-corrected chi connectivity index (χ3v) is 4.08. The third kappa shape index (κ3) is 4.70. The summed E-state index contributed by atoms with van der Waals surface area (Å²) in [4.78, 5) is 12.5. The Labute approximate surface area is 143 Å². The van der Waals surface area contributed by atoms with Gasteiger partial charge in [0.2, 0.25) is 0 Å². The molecule has 22 heavy (non-hydrogen) atoms. The first-order valence-corrected chi connectivity index (χ1v) is 8.17. The Balaban J connectivity index is 2.00. The van der Waals surface area contributed by atoms with Crippen molar-refractivity contribution in [1.29, 1.82) is 0 Å². The van der Waals surface area contributed by atoms with E-state index in [1.54, 1.807) is 13.8 Å². The lowest BCUT2D eigenvalue weighted by molar-refractivity contribution is -0.149. The fourth-order valence-corrected chi connectivity index (χ4v) is 2.67. The maximum Gasteiger partial charge on any atom is 0.186 e. The second-order valence-corrected chi connectivity index (χ2v) is 6.64. The lowest BCUT2D eigenvalue weighted by Crippen LogP contribution is -2.43. The molecule has 5 atom stereocenters. The van der Waals surface area contributed by atoms with E-state index in [1.807, 2.05) is 22.6 Å². The van der Waals surface area contributed by atoms with Crippen LogP contribution in [0.25, 0.3) is 0 Å². The first kappa shape index (κ1) is 18.2. The molecule has 0 radical (unpaired) electrons. The van der Waals surface area contributed by atoms with Gasteiger partial charge in [-0.25, -0.2) is 0 Å². The number of carbonyl (C=O) groups excluding carboxylic acids is 1. The van der Waals surface area contributed by atoms with Gasteiger partial charge in [0.15, 0.2) is 24.7 Å². The molecule has 0 bridgehead atoms. The lowest BCUT2D eigenvalue weighted by Gasteiger charge is -2.25. The largest absolute Gasteiger partial charge is 0.364 e. The summed E-state index contributed by atoms with van der Waals surface area (Å²) < 4.78 is 27.5. The van der Waals surface area contributed by atoms with Crippen molar-refractivity contribution in [3.63, 3.8) is 0 Å². The Morgan fingerprint density at radius 1 is 1.27 bits per heavy atom. The summed E-state index contributed by atoms with van der Waals surface area (Å²) in [6.45, 7) is 7.48. The number of hydrogen-bond donors (Lipinski definition) is 1. The highest BCUT2D eigenvalue weighted by Gasteiger charge is 2.43. The van der Waals surface area contributed by atoms with Crippen LogP contribution in [0.5, 0.6) is 0 Å². The monoisotopic (exact) mass is 428 g/mol. The SMILES string of the molecule is C=C(I)C(O)OCC(=O)C(C1COC(C)O1)C1COC(C)O1. The van der Waals surface area contributed by atoms with Crippen LogP contribution >= 0.6 is 22.6 Å². The highest BCUT2D eigenvalue weighted by atomic mass is 127. The first-order valence-electron chi connectivity index (χ1n) is 7.09. The maximum absolute atomic E-state index is 12.5. The fraction of sp³-hybridized carbons (Fsp3) is 0.786. The average Bonchev–Trinajstić information content (AvgIpc) is 3.06. The number of aliphatic hydroxyl groups excluding tert-OH is 1. The summed E-state index contributed by atoms with van der Waals surface area (Å²) in [6.07, 6.45) is -2.72. The van der Waals surface area contributed by atoms with Gasteiger partial charge >= 0.3 is 0 Å². The molecule has 0 aromatic rings. The second-order valence-electron chi connectivity index (χ2n) is 5.25. The van der Waals surface area contributed by atoms with Gasteiger partial charge in [-0.15, -0.1) is 0 Å². The van der Waals surface area contributed by atoms with Crippen LogP contribution in [0.3, 0.4) is 0 Å². The van der Waals surface area contributed by atoms with Crippen molar-refractivity contribution in [2.24, 2.45) is 5.92 Å². The van der Waals surface area contributed by atoms with E-state index in [1.165, 1.54) is 0 Å². The predicted octanol–water partition coefficient (Wildman–Crippen LogP) is 0.978. The number of rotatable bonds is 7. The van der Waals surface area contributed by atoms with E-state index in [9.17, 15) is 9.90 Å². The molecule has 0 aliphatic carbocycles. The second kappa shape index (κ2) is 8.13. The molecule has 2 aliphatic heterocycles. The highest BCUT2D eigenvalue weighted by molar-refractivity contribution is 14.1. The standard InChI is InChI=1S/C14H21IO7/c1-7(15)14(17)20-4-10(16)13(11-5-18-8(2)21-11)12-6-19-9(3)22-12/h8-9,11-14,17H,1,4-6H2,2-3H3. The molecular weight excluding hydrogens is 407 g/mol. The van der Waals surface area contributed by atoms with E-state index in [4.69, 9.17) is 23.7 Å². The van der Waals surface area contributed by atoms with Gasteiger partial charge in [-0.3, -0.25) is 4.79 Å². The number of carbonyl (C=O) groups is 1. The molecule has 2 fully saturated rings. The number of ether oxygens (including phenoxy) is 5. The van der Waals surface area contributed by atoms with E-state index in [2.05, 4.69) is 6.58 Å². The Morgan fingerprint density at radius 2 is 1.77 bits per heavy atom. The summed E-state index contributed by atoms with van der Waals surface area (Å²) >= 11 is 1.84. The number of halogens is 1. The number of ketones is 1. The minimum Gasteiger partial charge on any atom is -0.364 e. The van der Waals surface area contributed by atoms with Crippen molar-refractivity contribution in [3.8, 4) is 0 Å². The van der Waals surface area contributed by atoms with E-state index < -0.39 is 24.4 Å². The molecule has 8 heteroatoms. The van der Waals surface area contributed by atoms with E-state index in [0.717, 1.165) is 0 Å². The molecule has 5 unspecified atom stereocenters. The zero-order valence-electron chi connectivity index (χ0n) is 12.6. The lowest BCUT2D eigenvalue weighted by atomic mass is 9.92. The first-order chi connectivity index (χ1) is 10.4. The van der Waals surface area contributed by atoms with Gasteiger partial charge in [-0.05, 0) is 36.4 Å². The molecule has 7 nitrogen and oxygen atoms in total. The third-order valence-electron chi connectivity index (χ3n) is 3.55. The maximum atomic E-state index is 12.5. The normalized spacial score (nSPS) is 34.5. The number of aliphatic hydroxyl groups is 1. The molecule has 0 aromatic carbocycles. The molecular formula is C14H21IO7. The van der Waals surface area contributed by atoms with Gasteiger partial charge in [-0.2, -0.15) is 0 Å². The van der Waals surface area contributed by atoms with Crippen LogP contribution in [0, 0.1) is 5.92 Å². The zero-order valence-corrected chi connectivity index (χ0v) is 14.7. The van der Waals surface area contributed by atoms with Crippen molar-refractivity contribution in [1.82, 2.24) is 0 Å². The Morgan fingerprint density at radius 3 is 2.14 bits per heavy atom. The Hall–Kier alpha value is -0.100. The van der Waals surface area contributed by atoms with Crippen LogP contribution in [-0.2, 0) is 28.5 Å². The Kier molecular flexibility index (Phi) is 6.74. The van der Waals surface area contributed by atoms with Crippen LogP contribution in [0.4, 0.5) is 0 Å². The molecule has 2 heterocycles. The topological polar surface area (TPSA) is 83.5 Å². The van der Waals surface area contributed by atoms with Crippen LogP contribution in [0.2, 0.25) is 0 Å². The zero-order chi connectivity index (χ0) is 16.3. The summed E-state index contributed by atoms with van der Waals surface area (Å²) in [6, 6.07) is 0. The molecule has 0 saturated carbocycles. The smallest absolute Gasteiger partial charge is 0.186 e. The predicted molar refractivity (Wildman–Crippen MR) is 84.2 cm³/mol. The van der Waals surface area contributed by atoms with Gasteiger partial charge in [0.05, 0.1) is 31.3 Å². The fourth-order valence-electron chi connectivity index (χ4n) is 2.49. The van der Waals surface area contributed by atoms with Crippen LogP contribution in [0.1, 0.15) is 13.8 Å². The molecule has 0 spiro atoms. The van der Waals surface area contributed by atoms with E-state index in [-0.39, 0.29) is 25.0 Å². The van der Waals surface area contributed by atoms with Gasteiger partial charge < -0.3 is 28.8 Å². The van der Waals surface area contributed by atoms with Crippen LogP contribution in [-0.4, -0.2) is 61.8 Å². The van der Waals surface area contributed by atoms with Gasteiger partial charge in [0.25, 0.3) is 0 Å². The molecule has 0 aromatic heterocycles. The summed E-state index contributed by atoms with van der Waals surface area (Å²) in [5.41, 5.74) is 0. The molecule has 2 aliphatic rings. The van der Waals surface area contributed by atoms with Crippen molar-refractivity contribution < 1.29 is 33.6 Å². The van der Waals surface area contributed by atoms with E-state index in [0.29, 0.717) is 16.8 Å². The number of hydrogen-bond acceptors (Lipinski definition) is 7. The van der Waals surface area contributed by atoms with Gasteiger partial charge in [0, 0.05) is 3.58 Å². The molecule has 2 rings (SSSR count). The molecule has 0 amide bonds. The van der Waals surface area contributed by atoms with Crippen molar-refractivity contribution >= 4 is 28.4 Å². The van der Waals surface area contributed by atoms with Crippen molar-refractivity contribution in [3.05, 3.63) is 10.2 Å². The van der Waals surface area contributed by atoms with Crippen LogP contribution in [0.15, 0.2) is 10.2 Å². The average molecular weight is 428 g/mol. The quantitative estimate of drug-likeness (QED) is 0.478. The molecule has 1 N–H and O–H groups in total. The Bertz CT molecular complexity index is 396. The molecule has 126 valence electrons. The minimum absolute atomic E-state index is 0.220. The van der Waals surface area contributed by atoms with E-state index >= 15 is 0 Å². The minimum atomic E-state index is -1.18. The van der Waals surface area contributed by atoms with Gasteiger partial charge in [-0.1, -0.05) is 6.58 Å². The highest BCUT2D eigenvalue weighted by Crippen LogP contribution is 2.28. The summed E-state index contributed by atoms with van der Waals surface area (Å²) in [7, 11) is 0. The van der Waals surface area contributed by atoms with Gasteiger partial charge in [0.1, 0.15) is 6.61 Å².